The fourth-order valence-electron chi connectivity index (χ4n) is 4.02. The lowest BCUT2D eigenvalue weighted by molar-refractivity contribution is -0.120. The summed E-state index contributed by atoms with van der Waals surface area (Å²) in [5, 5.41) is 1.10. The Hall–Kier alpha value is -3.82. The number of aromatic nitrogens is 4. The first-order valence-corrected chi connectivity index (χ1v) is 12.6. The second kappa shape index (κ2) is 8.44. The fourth-order valence-corrected chi connectivity index (χ4v) is 5.98. The lowest BCUT2D eigenvalue weighted by Gasteiger charge is -2.18. The van der Waals surface area contributed by atoms with Gasteiger partial charge in [0.1, 0.15) is 9.81 Å². The van der Waals surface area contributed by atoms with E-state index < -0.39 is 0 Å². The van der Waals surface area contributed by atoms with Gasteiger partial charge in [-0.1, -0.05) is 36.4 Å². The molecule has 9 heteroatoms. The van der Waals surface area contributed by atoms with E-state index in [2.05, 4.69) is 19.9 Å². The third-order valence-corrected chi connectivity index (χ3v) is 8.02. The standard InChI is InChI=1S/C26H19N5O2S2/c1-14-8-7-13-20(15(14)2)31-23(32)21(34-25-27-16-9-3-4-10-17(16)28-25)22(24(31)33)35-26-29-18-11-5-6-12-19(18)30-26/h3-13H,1-2H3,(H,27,28)(H,29,30). The molecule has 7 nitrogen and oxygen atoms in total. The average Bonchev–Trinajstić information content (AvgIpc) is 3.52. The molecule has 0 atom stereocenters. The van der Waals surface area contributed by atoms with Crippen LogP contribution in [0.4, 0.5) is 5.69 Å². The van der Waals surface area contributed by atoms with Gasteiger partial charge in [-0.25, -0.2) is 14.9 Å². The van der Waals surface area contributed by atoms with Crippen molar-refractivity contribution < 1.29 is 9.59 Å². The molecule has 35 heavy (non-hydrogen) atoms. The smallest absolute Gasteiger partial charge is 0.273 e. The Balaban J connectivity index is 1.44. The Bertz CT molecular complexity index is 1520. The summed E-state index contributed by atoms with van der Waals surface area (Å²) in [5.74, 6) is -0.736. The van der Waals surface area contributed by atoms with Gasteiger partial charge < -0.3 is 9.97 Å². The minimum Gasteiger partial charge on any atom is -0.333 e. The minimum absolute atomic E-state index is 0.320. The van der Waals surface area contributed by atoms with Gasteiger partial charge in [0.15, 0.2) is 10.3 Å². The van der Waals surface area contributed by atoms with Gasteiger partial charge in [-0.3, -0.25) is 9.59 Å². The zero-order valence-corrected chi connectivity index (χ0v) is 20.5. The highest BCUT2D eigenvalue weighted by Gasteiger charge is 2.42. The maximum Gasteiger partial charge on any atom is 0.273 e. The van der Waals surface area contributed by atoms with Crippen molar-refractivity contribution in [3.05, 3.63) is 87.7 Å². The highest BCUT2D eigenvalue weighted by atomic mass is 32.2. The summed E-state index contributed by atoms with van der Waals surface area (Å²) in [6.07, 6.45) is 0. The number of para-hydroxylation sites is 4. The number of imide groups is 1. The van der Waals surface area contributed by atoms with Crippen LogP contribution in [0.25, 0.3) is 22.1 Å². The van der Waals surface area contributed by atoms with Gasteiger partial charge in [0.05, 0.1) is 27.8 Å². The van der Waals surface area contributed by atoms with Crippen LogP contribution in [0.3, 0.4) is 0 Å². The molecule has 1 aliphatic heterocycles. The largest absolute Gasteiger partial charge is 0.333 e. The Labute approximate surface area is 209 Å². The summed E-state index contributed by atoms with van der Waals surface area (Å²) >= 11 is 2.34. The lowest BCUT2D eigenvalue weighted by Crippen LogP contribution is -2.32. The van der Waals surface area contributed by atoms with Gasteiger partial charge in [-0.2, -0.15) is 0 Å². The second-order valence-corrected chi connectivity index (χ2v) is 10.1. The highest BCUT2D eigenvalue weighted by molar-refractivity contribution is 8.08. The molecule has 2 amide bonds. The quantitative estimate of drug-likeness (QED) is 0.301. The number of anilines is 1. The minimum atomic E-state index is -0.368. The van der Waals surface area contributed by atoms with E-state index in [1.807, 2.05) is 74.5 Å². The van der Waals surface area contributed by atoms with Crippen LogP contribution < -0.4 is 4.90 Å². The third kappa shape index (κ3) is 3.73. The lowest BCUT2D eigenvalue weighted by atomic mass is 10.1. The second-order valence-electron chi connectivity index (χ2n) is 8.15. The summed E-state index contributed by atoms with van der Waals surface area (Å²) in [4.78, 5) is 45.0. The number of aromatic amines is 2. The molecule has 0 saturated carbocycles. The highest BCUT2D eigenvalue weighted by Crippen LogP contribution is 2.44. The molecule has 0 spiro atoms. The van der Waals surface area contributed by atoms with E-state index in [1.165, 1.54) is 28.4 Å². The van der Waals surface area contributed by atoms with Crippen molar-refractivity contribution in [2.24, 2.45) is 0 Å². The molecule has 0 radical (unpaired) electrons. The molecule has 6 rings (SSSR count). The summed E-state index contributed by atoms with van der Waals surface area (Å²) in [7, 11) is 0. The number of carbonyl (C=O) groups is 2. The van der Waals surface area contributed by atoms with Crippen molar-refractivity contribution in [2.75, 3.05) is 4.90 Å². The molecule has 5 aromatic rings. The van der Waals surface area contributed by atoms with Crippen LogP contribution in [-0.2, 0) is 9.59 Å². The van der Waals surface area contributed by atoms with Crippen molar-refractivity contribution in [3.8, 4) is 0 Å². The number of imidazole rings is 2. The van der Waals surface area contributed by atoms with Gasteiger partial charge in [-0.15, -0.1) is 0 Å². The van der Waals surface area contributed by atoms with Gasteiger partial charge in [0.2, 0.25) is 0 Å². The van der Waals surface area contributed by atoms with Gasteiger partial charge in [0.25, 0.3) is 11.8 Å². The predicted octanol–water partition coefficient (Wildman–Crippen LogP) is 5.73. The number of carbonyl (C=O) groups excluding carboxylic acids is 2. The number of rotatable bonds is 5. The van der Waals surface area contributed by atoms with Crippen LogP contribution in [0, 0.1) is 13.8 Å². The molecule has 0 unspecified atom stereocenters. The van der Waals surface area contributed by atoms with Crippen LogP contribution in [0.2, 0.25) is 0 Å². The molecular formula is C26H19N5O2S2. The number of H-pyrrole nitrogens is 2. The van der Waals surface area contributed by atoms with Crippen LogP contribution >= 0.6 is 23.5 Å². The van der Waals surface area contributed by atoms with Gasteiger partial charge >= 0.3 is 0 Å². The van der Waals surface area contributed by atoms with E-state index >= 15 is 0 Å². The molecule has 2 N–H and O–H groups in total. The predicted molar refractivity (Wildman–Crippen MR) is 139 cm³/mol. The normalized spacial score (nSPS) is 14.2. The Kier molecular flexibility index (Phi) is 5.23. The van der Waals surface area contributed by atoms with Crippen molar-refractivity contribution in [2.45, 2.75) is 24.2 Å². The Morgan fingerprint density at radius 1 is 0.686 bits per heavy atom. The first kappa shape index (κ1) is 21.7. The van der Waals surface area contributed by atoms with Crippen molar-refractivity contribution in [3.63, 3.8) is 0 Å². The molecule has 2 aromatic heterocycles. The molecule has 0 fully saturated rings. The monoisotopic (exact) mass is 497 g/mol. The van der Waals surface area contributed by atoms with E-state index in [1.54, 1.807) is 6.07 Å². The van der Waals surface area contributed by atoms with Crippen LogP contribution in [-0.4, -0.2) is 31.8 Å². The average molecular weight is 498 g/mol. The summed E-state index contributed by atoms with van der Waals surface area (Å²) in [5.41, 5.74) is 5.80. The summed E-state index contributed by atoms with van der Waals surface area (Å²) in [6, 6.07) is 20.9. The van der Waals surface area contributed by atoms with E-state index in [0.717, 1.165) is 33.2 Å². The first-order valence-electron chi connectivity index (χ1n) is 10.9. The molecular weight excluding hydrogens is 478 g/mol. The fraction of sp³-hybridized carbons (Fsp3) is 0.0769. The van der Waals surface area contributed by atoms with E-state index in [-0.39, 0.29) is 11.8 Å². The molecule has 172 valence electrons. The van der Waals surface area contributed by atoms with Gasteiger partial charge in [-0.05, 0) is 78.8 Å². The molecule has 3 aromatic carbocycles. The molecule has 1 aliphatic rings. The zero-order chi connectivity index (χ0) is 24.1. The van der Waals surface area contributed by atoms with E-state index in [9.17, 15) is 9.59 Å². The van der Waals surface area contributed by atoms with Crippen molar-refractivity contribution >= 4 is 63.1 Å². The topological polar surface area (TPSA) is 94.7 Å². The maximum absolute atomic E-state index is 13.7. The number of nitrogens with one attached hydrogen (secondary N) is 2. The zero-order valence-electron chi connectivity index (χ0n) is 18.8. The SMILES string of the molecule is Cc1cccc(N2C(=O)C(Sc3nc4ccccc4[nH]3)=C(Sc3nc4ccccc4[nH]3)C2=O)c1C. The summed E-state index contributed by atoms with van der Waals surface area (Å²) in [6.45, 7) is 3.88. The maximum atomic E-state index is 13.7. The van der Waals surface area contributed by atoms with Crippen LogP contribution in [0.15, 0.2) is 86.9 Å². The number of hydrogen-bond acceptors (Lipinski definition) is 6. The number of nitrogens with zero attached hydrogens (tertiary/aromatic N) is 3. The van der Waals surface area contributed by atoms with E-state index in [4.69, 9.17) is 0 Å². The molecule has 0 aliphatic carbocycles. The number of amides is 2. The van der Waals surface area contributed by atoms with Crippen molar-refractivity contribution in [1.82, 2.24) is 19.9 Å². The van der Waals surface area contributed by atoms with Crippen LogP contribution in [0.1, 0.15) is 11.1 Å². The summed E-state index contributed by atoms with van der Waals surface area (Å²) < 4.78 is 0. The Morgan fingerprint density at radius 2 is 1.20 bits per heavy atom. The first-order chi connectivity index (χ1) is 17.0. The van der Waals surface area contributed by atoms with Gasteiger partial charge in [0, 0.05) is 0 Å². The molecule has 3 heterocycles. The van der Waals surface area contributed by atoms with Crippen LogP contribution in [0.5, 0.6) is 0 Å². The van der Waals surface area contributed by atoms with E-state index in [0.29, 0.717) is 25.8 Å². The number of benzene rings is 3. The third-order valence-electron chi connectivity index (χ3n) is 5.95. The molecule has 0 bridgehead atoms. The molecule has 0 saturated heterocycles. The Morgan fingerprint density at radius 3 is 1.71 bits per heavy atom. The number of thioether (sulfide) groups is 2. The number of hydrogen-bond donors (Lipinski definition) is 2. The number of fused-ring (bicyclic) bond motifs is 2. The number of aryl methyl sites for hydroxylation is 1. The van der Waals surface area contributed by atoms with Crippen molar-refractivity contribution in [1.29, 1.82) is 0 Å².